The zero-order chi connectivity index (χ0) is 14.4. The van der Waals surface area contributed by atoms with Gasteiger partial charge in [0.15, 0.2) is 16.6 Å². The lowest BCUT2D eigenvalue weighted by molar-refractivity contribution is 0.628. The molecule has 0 aliphatic heterocycles. The van der Waals surface area contributed by atoms with Gasteiger partial charge in [-0.1, -0.05) is 23.2 Å². The van der Waals surface area contributed by atoms with E-state index in [1.54, 1.807) is 10.5 Å². The molecule has 3 rings (SSSR count). The lowest BCUT2D eigenvalue weighted by atomic mass is 10.2. The van der Waals surface area contributed by atoms with Crippen LogP contribution in [0.3, 0.4) is 0 Å². The molecule has 2 aromatic heterocycles. The summed E-state index contributed by atoms with van der Waals surface area (Å²) in [6.07, 6.45) is 0. The molecule has 2 heterocycles. The summed E-state index contributed by atoms with van der Waals surface area (Å²) in [5.41, 5.74) is 2.63. The van der Waals surface area contributed by atoms with Gasteiger partial charge in [0.25, 0.3) is 0 Å². The molecule has 0 atom stereocenters. The molecule has 0 amide bonds. The van der Waals surface area contributed by atoms with E-state index >= 15 is 0 Å². The predicted octanol–water partition coefficient (Wildman–Crippen LogP) is 3.85. The Labute approximate surface area is 124 Å². The van der Waals surface area contributed by atoms with Crippen molar-refractivity contribution in [2.45, 2.75) is 13.8 Å². The third-order valence-corrected chi connectivity index (χ3v) is 3.71. The molecule has 0 spiro atoms. The number of rotatable bonds is 1. The van der Waals surface area contributed by atoms with Crippen molar-refractivity contribution in [1.82, 2.24) is 19.6 Å². The van der Waals surface area contributed by atoms with Crippen LogP contribution in [0.25, 0.3) is 17.0 Å². The number of aryl methyl sites for hydroxylation is 2. The van der Waals surface area contributed by atoms with Gasteiger partial charge in [0.1, 0.15) is 5.82 Å². The van der Waals surface area contributed by atoms with Crippen LogP contribution >= 0.6 is 23.2 Å². The summed E-state index contributed by atoms with van der Waals surface area (Å²) in [4.78, 5) is 4.19. The fourth-order valence-corrected chi connectivity index (χ4v) is 2.36. The predicted molar refractivity (Wildman–Crippen MR) is 75.7 cm³/mol. The Morgan fingerprint density at radius 3 is 2.60 bits per heavy atom. The zero-order valence-corrected chi connectivity index (χ0v) is 12.2. The number of aromatic nitrogens is 4. The number of nitrogens with zero attached hydrogens (tertiary/aromatic N) is 4. The number of halogens is 3. The van der Waals surface area contributed by atoms with Crippen molar-refractivity contribution in [2.75, 3.05) is 0 Å². The topological polar surface area (TPSA) is 43.1 Å². The summed E-state index contributed by atoms with van der Waals surface area (Å²) in [5, 5.41) is 8.42. The average molecular weight is 311 g/mol. The Morgan fingerprint density at radius 1 is 1.15 bits per heavy atom. The fourth-order valence-electron chi connectivity index (χ4n) is 2.00. The molecular formula is C13H9Cl2FN4. The largest absolute Gasteiger partial charge is 0.275 e. The molecular weight excluding hydrogens is 302 g/mol. The zero-order valence-electron chi connectivity index (χ0n) is 10.7. The Bertz CT molecular complexity index is 829. The summed E-state index contributed by atoms with van der Waals surface area (Å²) in [5.74, 6) is -0.00379. The van der Waals surface area contributed by atoms with Crippen LogP contribution in [0.1, 0.15) is 11.4 Å². The van der Waals surface area contributed by atoms with Gasteiger partial charge in [-0.3, -0.25) is 4.40 Å². The number of benzene rings is 1. The maximum Gasteiger partial charge on any atom is 0.199 e. The molecule has 0 unspecified atom stereocenters. The van der Waals surface area contributed by atoms with E-state index in [-0.39, 0.29) is 10.2 Å². The third kappa shape index (κ3) is 1.94. The van der Waals surface area contributed by atoms with E-state index in [4.69, 9.17) is 23.2 Å². The van der Waals surface area contributed by atoms with Crippen LogP contribution in [0.4, 0.5) is 4.39 Å². The molecule has 0 aliphatic carbocycles. The highest BCUT2D eigenvalue weighted by molar-refractivity contribution is 6.32. The minimum Gasteiger partial charge on any atom is -0.275 e. The smallest absolute Gasteiger partial charge is 0.199 e. The molecule has 20 heavy (non-hydrogen) atoms. The first-order valence-electron chi connectivity index (χ1n) is 5.82. The second kappa shape index (κ2) is 4.68. The molecule has 0 aliphatic rings. The van der Waals surface area contributed by atoms with Crippen molar-refractivity contribution in [1.29, 1.82) is 0 Å². The lowest BCUT2D eigenvalue weighted by Crippen LogP contribution is -2.01. The SMILES string of the molecule is Cc1nc(Cl)c2nnc(-c3ccc(Cl)c(F)c3)n2c1C. The molecule has 0 saturated carbocycles. The van der Waals surface area contributed by atoms with Gasteiger partial charge in [0.05, 0.1) is 10.7 Å². The summed E-state index contributed by atoms with van der Waals surface area (Å²) in [6.45, 7) is 3.72. The second-order valence-corrected chi connectivity index (χ2v) is 5.15. The van der Waals surface area contributed by atoms with E-state index in [1.165, 1.54) is 12.1 Å². The first-order valence-corrected chi connectivity index (χ1v) is 6.58. The first-order chi connectivity index (χ1) is 9.49. The normalized spacial score (nSPS) is 11.2. The summed E-state index contributed by atoms with van der Waals surface area (Å²) in [7, 11) is 0. The molecule has 1 aromatic carbocycles. The summed E-state index contributed by atoms with van der Waals surface area (Å²) < 4.78 is 15.4. The van der Waals surface area contributed by atoms with Crippen LogP contribution in [-0.2, 0) is 0 Å². The van der Waals surface area contributed by atoms with E-state index in [1.807, 2.05) is 13.8 Å². The molecule has 0 fully saturated rings. The van der Waals surface area contributed by atoms with Crippen LogP contribution in [0, 0.1) is 19.7 Å². The van der Waals surface area contributed by atoms with Gasteiger partial charge in [-0.2, -0.15) is 0 Å². The highest BCUT2D eigenvalue weighted by Gasteiger charge is 2.16. The summed E-state index contributed by atoms with van der Waals surface area (Å²) >= 11 is 11.8. The van der Waals surface area contributed by atoms with E-state index in [2.05, 4.69) is 15.2 Å². The molecule has 4 nitrogen and oxygen atoms in total. The highest BCUT2D eigenvalue weighted by atomic mass is 35.5. The van der Waals surface area contributed by atoms with Gasteiger partial charge in [0, 0.05) is 11.3 Å². The van der Waals surface area contributed by atoms with Crippen LogP contribution in [0.15, 0.2) is 18.2 Å². The maximum absolute atomic E-state index is 13.6. The van der Waals surface area contributed by atoms with Crippen LogP contribution in [0.5, 0.6) is 0 Å². The quantitative estimate of drug-likeness (QED) is 0.685. The van der Waals surface area contributed by atoms with E-state index in [0.717, 1.165) is 11.4 Å². The molecule has 0 radical (unpaired) electrons. The molecule has 0 N–H and O–H groups in total. The van der Waals surface area contributed by atoms with Crippen LogP contribution in [-0.4, -0.2) is 19.6 Å². The minimum absolute atomic E-state index is 0.0650. The Hall–Kier alpha value is -1.72. The van der Waals surface area contributed by atoms with Crippen molar-refractivity contribution in [2.24, 2.45) is 0 Å². The second-order valence-electron chi connectivity index (χ2n) is 4.38. The van der Waals surface area contributed by atoms with Gasteiger partial charge in [0.2, 0.25) is 0 Å². The molecule has 0 saturated heterocycles. The van der Waals surface area contributed by atoms with E-state index < -0.39 is 5.82 Å². The highest BCUT2D eigenvalue weighted by Crippen LogP contribution is 2.26. The monoisotopic (exact) mass is 310 g/mol. The molecule has 0 bridgehead atoms. The standard InChI is InChI=1S/C13H9Cl2FN4/c1-6-7(2)20-12(18-19-13(20)11(15)17-6)8-3-4-9(14)10(16)5-8/h3-5H,1-2H3. The Morgan fingerprint density at radius 2 is 1.90 bits per heavy atom. The maximum atomic E-state index is 13.6. The fraction of sp³-hybridized carbons (Fsp3) is 0.154. The van der Waals surface area contributed by atoms with Crippen molar-refractivity contribution < 1.29 is 4.39 Å². The summed E-state index contributed by atoms with van der Waals surface area (Å²) in [6, 6.07) is 4.49. The molecule has 3 aromatic rings. The number of hydrogen-bond donors (Lipinski definition) is 0. The van der Waals surface area contributed by atoms with Gasteiger partial charge in [-0.15, -0.1) is 10.2 Å². The third-order valence-electron chi connectivity index (χ3n) is 3.15. The van der Waals surface area contributed by atoms with Gasteiger partial charge >= 0.3 is 0 Å². The Kier molecular flexibility index (Phi) is 3.11. The van der Waals surface area contributed by atoms with E-state index in [9.17, 15) is 4.39 Å². The molecule has 7 heteroatoms. The van der Waals surface area contributed by atoms with Crippen LogP contribution in [0.2, 0.25) is 10.2 Å². The van der Waals surface area contributed by atoms with Crippen molar-refractivity contribution in [3.8, 4) is 11.4 Å². The van der Waals surface area contributed by atoms with E-state index in [0.29, 0.717) is 17.0 Å². The number of hydrogen-bond acceptors (Lipinski definition) is 3. The average Bonchev–Trinajstić information content (AvgIpc) is 2.85. The lowest BCUT2D eigenvalue weighted by Gasteiger charge is -2.07. The number of fused-ring (bicyclic) bond motifs is 1. The van der Waals surface area contributed by atoms with Gasteiger partial charge in [-0.25, -0.2) is 9.37 Å². The van der Waals surface area contributed by atoms with Crippen molar-refractivity contribution in [3.63, 3.8) is 0 Å². The van der Waals surface area contributed by atoms with Gasteiger partial charge in [-0.05, 0) is 32.0 Å². The molecule has 102 valence electrons. The minimum atomic E-state index is -0.504. The van der Waals surface area contributed by atoms with Crippen molar-refractivity contribution in [3.05, 3.63) is 45.6 Å². The Balaban J connectivity index is 2.34. The van der Waals surface area contributed by atoms with Crippen molar-refractivity contribution >= 4 is 28.8 Å². The first kappa shape index (κ1) is 13.3. The van der Waals surface area contributed by atoms with Crippen LogP contribution < -0.4 is 0 Å². The van der Waals surface area contributed by atoms with Gasteiger partial charge < -0.3 is 0 Å².